The molecule has 1 aromatic rings. The number of nitrogens with two attached hydrogens (primary N) is 1. The summed E-state index contributed by atoms with van der Waals surface area (Å²) in [4.78, 5) is 10.5. The molecule has 0 saturated heterocycles. The lowest BCUT2D eigenvalue weighted by Crippen LogP contribution is -2.32. The van der Waals surface area contributed by atoms with E-state index in [1.807, 2.05) is 0 Å². The number of carboxylic acid groups (broad SMARTS) is 1. The lowest BCUT2D eigenvalue weighted by atomic mass is 10.2. The van der Waals surface area contributed by atoms with E-state index in [0.717, 1.165) is 0 Å². The van der Waals surface area contributed by atoms with E-state index in [2.05, 4.69) is 0 Å². The van der Waals surface area contributed by atoms with Crippen molar-refractivity contribution in [3.05, 3.63) is 29.6 Å². The van der Waals surface area contributed by atoms with Gasteiger partial charge in [0.15, 0.2) is 11.6 Å². The largest absolute Gasteiger partial charge is 0.494 e. The van der Waals surface area contributed by atoms with Crippen molar-refractivity contribution in [3.63, 3.8) is 0 Å². The highest BCUT2D eigenvalue weighted by atomic mass is 32.2. The number of carbonyl (C=O) groups is 1. The number of methoxy groups -OCH3 is 1. The van der Waals surface area contributed by atoms with Crippen molar-refractivity contribution in [1.29, 1.82) is 0 Å². The van der Waals surface area contributed by atoms with Gasteiger partial charge in [-0.3, -0.25) is 4.79 Å². The number of halogens is 1. The Morgan fingerprint density at radius 2 is 2.35 bits per heavy atom. The number of carboxylic acids is 1. The van der Waals surface area contributed by atoms with Crippen LogP contribution in [0.4, 0.5) is 4.39 Å². The molecule has 1 atom stereocenters. The molecule has 1 unspecified atom stereocenters. The molecular formula is C11H14FNO3S. The molecule has 0 radical (unpaired) electrons. The molecular weight excluding hydrogens is 245 g/mol. The van der Waals surface area contributed by atoms with Crippen molar-refractivity contribution in [3.8, 4) is 5.75 Å². The van der Waals surface area contributed by atoms with Gasteiger partial charge in [-0.15, -0.1) is 0 Å². The normalized spacial score (nSPS) is 12.2. The molecule has 1 aromatic carbocycles. The molecule has 0 spiro atoms. The number of thioether (sulfide) groups is 1. The van der Waals surface area contributed by atoms with Gasteiger partial charge in [0.1, 0.15) is 6.04 Å². The Morgan fingerprint density at radius 3 is 2.94 bits per heavy atom. The van der Waals surface area contributed by atoms with Gasteiger partial charge < -0.3 is 15.6 Å². The second kappa shape index (κ2) is 6.46. The minimum Gasteiger partial charge on any atom is -0.494 e. The molecule has 0 aliphatic carbocycles. The average molecular weight is 259 g/mol. The summed E-state index contributed by atoms with van der Waals surface area (Å²) in [7, 11) is 1.40. The summed E-state index contributed by atoms with van der Waals surface area (Å²) in [6.07, 6.45) is 0. The quantitative estimate of drug-likeness (QED) is 0.809. The summed E-state index contributed by atoms with van der Waals surface area (Å²) >= 11 is 1.27. The Balaban J connectivity index is 2.55. The van der Waals surface area contributed by atoms with Gasteiger partial charge in [0.05, 0.1) is 7.11 Å². The third-order valence-electron chi connectivity index (χ3n) is 2.14. The minimum absolute atomic E-state index is 0.186. The highest BCUT2D eigenvalue weighted by molar-refractivity contribution is 7.98. The predicted octanol–water partition coefficient (Wildman–Crippen LogP) is 1.48. The zero-order chi connectivity index (χ0) is 12.8. The summed E-state index contributed by atoms with van der Waals surface area (Å²) in [5, 5.41) is 8.58. The van der Waals surface area contributed by atoms with Crippen molar-refractivity contribution < 1.29 is 19.0 Å². The second-order valence-corrected chi connectivity index (χ2v) is 4.42. The van der Waals surface area contributed by atoms with E-state index >= 15 is 0 Å². The molecule has 4 nitrogen and oxygen atoms in total. The standard InChI is InChI=1S/C11H14FNO3S/c1-16-9-4-2-3-7(10(9)12)5-17-6-8(13)11(14)15/h2-4,8H,5-6,13H2,1H3,(H,14,15). The molecule has 0 aliphatic heterocycles. The van der Waals surface area contributed by atoms with Gasteiger partial charge in [0.25, 0.3) is 0 Å². The van der Waals surface area contributed by atoms with Crippen molar-refractivity contribution >= 4 is 17.7 Å². The summed E-state index contributed by atoms with van der Waals surface area (Å²) in [5.41, 5.74) is 5.81. The van der Waals surface area contributed by atoms with E-state index in [0.29, 0.717) is 11.3 Å². The predicted molar refractivity (Wildman–Crippen MR) is 64.7 cm³/mol. The van der Waals surface area contributed by atoms with Crippen LogP contribution < -0.4 is 10.5 Å². The second-order valence-electron chi connectivity index (χ2n) is 3.39. The topological polar surface area (TPSA) is 72.5 Å². The molecule has 0 amide bonds. The van der Waals surface area contributed by atoms with Gasteiger partial charge >= 0.3 is 5.97 Å². The average Bonchev–Trinajstić information content (AvgIpc) is 2.31. The molecule has 1 rings (SSSR count). The summed E-state index contributed by atoms with van der Waals surface area (Å²) in [6, 6.07) is 3.94. The molecule has 0 fully saturated rings. The number of hydrogen-bond donors (Lipinski definition) is 2. The van der Waals surface area contributed by atoms with Gasteiger partial charge in [0.2, 0.25) is 0 Å². The number of aliphatic carboxylic acids is 1. The molecule has 0 aliphatic rings. The molecule has 0 bridgehead atoms. The fraction of sp³-hybridized carbons (Fsp3) is 0.364. The van der Waals surface area contributed by atoms with Crippen molar-refractivity contribution in [2.75, 3.05) is 12.9 Å². The number of benzene rings is 1. The van der Waals surface area contributed by atoms with E-state index in [1.165, 1.54) is 24.9 Å². The minimum atomic E-state index is -1.05. The van der Waals surface area contributed by atoms with Crippen LogP contribution in [-0.4, -0.2) is 30.0 Å². The molecule has 0 saturated carbocycles. The third-order valence-corrected chi connectivity index (χ3v) is 3.25. The maximum absolute atomic E-state index is 13.7. The van der Waals surface area contributed by atoms with E-state index in [1.54, 1.807) is 12.1 Å². The van der Waals surface area contributed by atoms with Crippen LogP contribution in [0.5, 0.6) is 5.75 Å². The van der Waals surface area contributed by atoms with E-state index in [-0.39, 0.29) is 11.5 Å². The Kier molecular flexibility index (Phi) is 5.24. The van der Waals surface area contributed by atoms with Gasteiger partial charge in [-0.2, -0.15) is 11.8 Å². The van der Waals surface area contributed by atoms with E-state index < -0.39 is 17.8 Å². The third kappa shape index (κ3) is 3.90. The lowest BCUT2D eigenvalue weighted by Gasteiger charge is -2.08. The first-order chi connectivity index (χ1) is 8.06. The number of hydrogen-bond acceptors (Lipinski definition) is 4. The molecule has 3 N–H and O–H groups in total. The van der Waals surface area contributed by atoms with Crippen LogP contribution in [0.3, 0.4) is 0 Å². The number of ether oxygens (including phenoxy) is 1. The van der Waals surface area contributed by atoms with Crippen molar-refractivity contribution in [2.45, 2.75) is 11.8 Å². The highest BCUT2D eigenvalue weighted by Gasteiger charge is 2.13. The van der Waals surface area contributed by atoms with Crippen LogP contribution in [0, 0.1) is 5.82 Å². The van der Waals surface area contributed by atoms with Crippen molar-refractivity contribution in [1.82, 2.24) is 0 Å². The van der Waals surface area contributed by atoms with E-state index in [4.69, 9.17) is 15.6 Å². The smallest absolute Gasteiger partial charge is 0.321 e. The van der Waals surface area contributed by atoms with Gasteiger partial charge in [-0.25, -0.2) is 4.39 Å². The summed E-state index contributed by atoms with van der Waals surface area (Å²) in [6.45, 7) is 0. The zero-order valence-electron chi connectivity index (χ0n) is 9.35. The maximum Gasteiger partial charge on any atom is 0.321 e. The van der Waals surface area contributed by atoms with Crippen LogP contribution >= 0.6 is 11.8 Å². The van der Waals surface area contributed by atoms with Crippen LogP contribution in [0.1, 0.15) is 5.56 Å². The van der Waals surface area contributed by atoms with E-state index in [9.17, 15) is 9.18 Å². The fourth-order valence-corrected chi connectivity index (χ4v) is 2.15. The van der Waals surface area contributed by atoms with Gasteiger partial charge in [0, 0.05) is 17.1 Å². The van der Waals surface area contributed by atoms with Crippen LogP contribution in [0.25, 0.3) is 0 Å². The summed E-state index contributed by atoms with van der Waals surface area (Å²) < 4.78 is 18.5. The van der Waals surface area contributed by atoms with Gasteiger partial charge in [-0.05, 0) is 6.07 Å². The Bertz CT molecular complexity index is 400. The molecule has 94 valence electrons. The molecule has 0 heterocycles. The monoisotopic (exact) mass is 259 g/mol. The first-order valence-electron chi connectivity index (χ1n) is 4.93. The SMILES string of the molecule is COc1cccc(CSCC(N)C(=O)O)c1F. The molecule has 6 heteroatoms. The number of rotatable bonds is 6. The Morgan fingerprint density at radius 1 is 1.65 bits per heavy atom. The Hall–Kier alpha value is -1.27. The van der Waals surface area contributed by atoms with Gasteiger partial charge in [-0.1, -0.05) is 12.1 Å². The van der Waals surface area contributed by atoms with Crippen LogP contribution in [0.2, 0.25) is 0 Å². The lowest BCUT2D eigenvalue weighted by molar-refractivity contribution is -0.137. The first kappa shape index (κ1) is 13.8. The highest BCUT2D eigenvalue weighted by Crippen LogP contribution is 2.23. The molecule has 17 heavy (non-hydrogen) atoms. The van der Waals surface area contributed by atoms with Crippen LogP contribution in [-0.2, 0) is 10.5 Å². The Labute approximate surface area is 103 Å². The fourth-order valence-electron chi connectivity index (χ4n) is 1.19. The summed E-state index contributed by atoms with van der Waals surface area (Å²) in [5.74, 6) is -0.670. The van der Waals surface area contributed by atoms with Crippen molar-refractivity contribution in [2.24, 2.45) is 5.73 Å². The first-order valence-corrected chi connectivity index (χ1v) is 6.09. The maximum atomic E-state index is 13.7. The van der Waals surface area contributed by atoms with Crippen LogP contribution in [0.15, 0.2) is 18.2 Å². The molecule has 0 aromatic heterocycles. The zero-order valence-corrected chi connectivity index (χ0v) is 10.2.